The molecule has 0 radical (unpaired) electrons. The van der Waals surface area contributed by atoms with Gasteiger partial charge in [-0.2, -0.15) is 0 Å². The predicted molar refractivity (Wildman–Crippen MR) is 67.9 cm³/mol. The highest BCUT2D eigenvalue weighted by Crippen LogP contribution is 2.35. The molecule has 1 aliphatic heterocycles. The number of anilines is 2. The maximum atomic E-state index is 6.06. The van der Waals surface area contributed by atoms with Crippen LogP contribution in [0.3, 0.4) is 0 Å². The zero-order valence-corrected chi connectivity index (χ0v) is 10.1. The molecule has 0 saturated carbocycles. The van der Waals surface area contributed by atoms with Gasteiger partial charge in [-0.1, -0.05) is 12.1 Å². The van der Waals surface area contributed by atoms with E-state index in [2.05, 4.69) is 17.9 Å². The minimum absolute atomic E-state index is 0.492. The third-order valence-corrected chi connectivity index (χ3v) is 3.33. The standard InChI is InChI=1S/C13H20N2O/c1-10(7-9-16-2)15-8-6-11-4-3-5-12(14)13(11)15/h3-5,10H,6-9,14H2,1-2H3. The highest BCUT2D eigenvalue weighted by Gasteiger charge is 2.24. The molecule has 1 unspecified atom stereocenters. The van der Waals surface area contributed by atoms with E-state index < -0.39 is 0 Å². The van der Waals surface area contributed by atoms with E-state index >= 15 is 0 Å². The molecule has 2 N–H and O–H groups in total. The average molecular weight is 220 g/mol. The summed E-state index contributed by atoms with van der Waals surface area (Å²) in [6, 6.07) is 6.69. The van der Waals surface area contributed by atoms with Crippen LogP contribution in [0.15, 0.2) is 18.2 Å². The van der Waals surface area contributed by atoms with E-state index in [4.69, 9.17) is 10.5 Å². The monoisotopic (exact) mass is 220 g/mol. The van der Waals surface area contributed by atoms with Gasteiger partial charge in [0.15, 0.2) is 0 Å². The van der Waals surface area contributed by atoms with E-state index in [0.717, 1.165) is 31.7 Å². The Bertz CT molecular complexity index is 365. The third kappa shape index (κ3) is 2.00. The number of nitrogens with zero attached hydrogens (tertiary/aromatic N) is 1. The predicted octanol–water partition coefficient (Wildman–Crippen LogP) is 2.06. The van der Waals surface area contributed by atoms with Crippen molar-refractivity contribution in [3.63, 3.8) is 0 Å². The number of hydrogen-bond acceptors (Lipinski definition) is 3. The van der Waals surface area contributed by atoms with E-state index in [1.165, 1.54) is 11.3 Å². The van der Waals surface area contributed by atoms with E-state index in [-0.39, 0.29) is 0 Å². The highest BCUT2D eigenvalue weighted by molar-refractivity contribution is 5.74. The third-order valence-electron chi connectivity index (χ3n) is 3.33. The Morgan fingerprint density at radius 2 is 2.31 bits per heavy atom. The van der Waals surface area contributed by atoms with Crippen LogP contribution in [0.4, 0.5) is 11.4 Å². The molecule has 0 saturated heterocycles. The summed E-state index contributed by atoms with van der Waals surface area (Å²) < 4.78 is 5.13. The van der Waals surface area contributed by atoms with Crippen LogP contribution in [0, 0.1) is 0 Å². The van der Waals surface area contributed by atoms with Crippen molar-refractivity contribution < 1.29 is 4.74 Å². The van der Waals surface area contributed by atoms with Crippen LogP contribution < -0.4 is 10.6 Å². The minimum atomic E-state index is 0.492. The molecule has 16 heavy (non-hydrogen) atoms. The van der Waals surface area contributed by atoms with Crippen molar-refractivity contribution in [2.45, 2.75) is 25.8 Å². The van der Waals surface area contributed by atoms with Gasteiger partial charge in [0.05, 0.1) is 11.4 Å². The van der Waals surface area contributed by atoms with Crippen molar-refractivity contribution in [3.8, 4) is 0 Å². The second-order valence-corrected chi connectivity index (χ2v) is 4.43. The Balaban J connectivity index is 2.16. The van der Waals surface area contributed by atoms with Crippen molar-refractivity contribution in [3.05, 3.63) is 23.8 Å². The van der Waals surface area contributed by atoms with E-state index in [1.54, 1.807) is 7.11 Å². The first-order valence-electron chi connectivity index (χ1n) is 5.87. The molecule has 1 atom stereocenters. The van der Waals surface area contributed by atoms with E-state index in [0.29, 0.717) is 6.04 Å². The van der Waals surface area contributed by atoms with Gasteiger partial charge >= 0.3 is 0 Å². The molecule has 2 rings (SSSR count). The number of rotatable bonds is 4. The van der Waals surface area contributed by atoms with E-state index in [1.807, 2.05) is 12.1 Å². The molecule has 1 aliphatic rings. The molecule has 0 aliphatic carbocycles. The molecular weight excluding hydrogens is 200 g/mol. The van der Waals surface area contributed by atoms with Crippen LogP contribution in [0.1, 0.15) is 18.9 Å². The van der Waals surface area contributed by atoms with Gasteiger partial charge in [-0.05, 0) is 31.4 Å². The molecule has 88 valence electrons. The summed E-state index contributed by atoms with van der Waals surface area (Å²) in [4.78, 5) is 2.41. The number of ether oxygens (including phenoxy) is 1. The topological polar surface area (TPSA) is 38.5 Å². The number of nitrogens with two attached hydrogens (primary N) is 1. The molecule has 1 heterocycles. The maximum Gasteiger partial charge on any atom is 0.0635 e. The number of methoxy groups -OCH3 is 1. The largest absolute Gasteiger partial charge is 0.397 e. The number of para-hydroxylation sites is 1. The molecule has 0 aromatic heterocycles. The summed E-state index contributed by atoms with van der Waals surface area (Å²) in [5.74, 6) is 0. The summed E-state index contributed by atoms with van der Waals surface area (Å²) in [6.45, 7) is 4.12. The smallest absolute Gasteiger partial charge is 0.0635 e. The minimum Gasteiger partial charge on any atom is -0.397 e. The van der Waals surface area contributed by atoms with Gasteiger partial charge in [0.1, 0.15) is 0 Å². The van der Waals surface area contributed by atoms with Crippen molar-refractivity contribution in [2.24, 2.45) is 0 Å². The molecule has 0 fully saturated rings. The Morgan fingerprint density at radius 3 is 3.06 bits per heavy atom. The van der Waals surface area contributed by atoms with Crippen molar-refractivity contribution in [1.82, 2.24) is 0 Å². The van der Waals surface area contributed by atoms with Gasteiger partial charge in [-0.25, -0.2) is 0 Å². The van der Waals surface area contributed by atoms with Crippen LogP contribution >= 0.6 is 0 Å². The first-order valence-corrected chi connectivity index (χ1v) is 5.87. The van der Waals surface area contributed by atoms with Crippen LogP contribution in [0.2, 0.25) is 0 Å². The van der Waals surface area contributed by atoms with Crippen molar-refractivity contribution in [2.75, 3.05) is 30.9 Å². The summed E-state index contributed by atoms with van der Waals surface area (Å²) in [7, 11) is 1.75. The summed E-state index contributed by atoms with van der Waals surface area (Å²) in [5, 5.41) is 0. The first-order chi connectivity index (χ1) is 7.74. The molecule has 1 aromatic rings. The Hall–Kier alpha value is -1.22. The van der Waals surface area contributed by atoms with Crippen LogP contribution in [0.25, 0.3) is 0 Å². The second-order valence-electron chi connectivity index (χ2n) is 4.43. The number of nitrogen functional groups attached to an aromatic ring is 1. The SMILES string of the molecule is COCCC(C)N1CCc2cccc(N)c21. The quantitative estimate of drug-likeness (QED) is 0.789. The van der Waals surface area contributed by atoms with Crippen LogP contribution in [-0.4, -0.2) is 26.3 Å². The molecule has 3 heteroatoms. The lowest BCUT2D eigenvalue weighted by Crippen LogP contribution is -2.32. The van der Waals surface area contributed by atoms with Gasteiger partial charge < -0.3 is 15.4 Å². The van der Waals surface area contributed by atoms with Gasteiger partial charge in [0.25, 0.3) is 0 Å². The fourth-order valence-corrected chi connectivity index (χ4v) is 2.40. The lowest BCUT2D eigenvalue weighted by molar-refractivity contribution is 0.188. The Labute approximate surface area is 97.2 Å². The molecule has 0 spiro atoms. The van der Waals surface area contributed by atoms with Gasteiger partial charge in [0.2, 0.25) is 0 Å². The second kappa shape index (κ2) is 4.74. The van der Waals surface area contributed by atoms with Crippen molar-refractivity contribution in [1.29, 1.82) is 0 Å². The normalized spacial score (nSPS) is 16.2. The van der Waals surface area contributed by atoms with E-state index in [9.17, 15) is 0 Å². The lowest BCUT2D eigenvalue weighted by Gasteiger charge is -2.28. The number of hydrogen-bond donors (Lipinski definition) is 1. The number of benzene rings is 1. The molecule has 0 amide bonds. The fraction of sp³-hybridized carbons (Fsp3) is 0.538. The maximum absolute atomic E-state index is 6.06. The summed E-state index contributed by atoms with van der Waals surface area (Å²) in [5.41, 5.74) is 9.58. The van der Waals surface area contributed by atoms with Crippen molar-refractivity contribution >= 4 is 11.4 Å². The summed E-state index contributed by atoms with van der Waals surface area (Å²) >= 11 is 0. The number of fused-ring (bicyclic) bond motifs is 1. The molecule has 3 nitrogen and oxygen atoms in total. The zero-order valence-electron chi connectivity index (χ0n) is 10.1. The molecular formula is C13H20N2O. The Kier molecular flexibility index (Phi) is 3.34. The Morgan fingerprint density at radius 1 is 1.50 bits per heavy atom. The zero-order chi connectivity index (χ0) is 11.5. The summed E-state index contributed by atoms with van der Waals surface area (Å²) in [6.07, 6.45) is 2.15. The van der Waals surface area contributed by atoms with Gasteiger partial charge in [-0.3, -0.25) is 0 Å². The van der Waals surface area contributed by atoms with Gasteiger partial charge in [0, 0.05) is 26.3 Å². The average Bonchev–Trinajstić information content (AvgIpc) is 2.71. The van der Waals surface area contributed by atoms with Crippen LogP contribution in [-0.2, 0) is 11.2 Å². The highest BCUT2D eigenvalue weighted by atomic mass is 16.5. The molecule has 0 bridgehead atoms. The first kappa shape index (κ1) is 11.3. The molecule has 1 aromatic carbocycles. The van der Waals surface area contributed by atoms with Crippen LogP contribution in [0.5, 0.6) is 0 Å². The fourth-order valence-electron chi connectivity index (χ4n) is 2.40. The lowest BCUT2D eigenvalue weighted by atomic mass is 10.1. The van der Waals surface area contributed by atoms with Gasteiger partial charge in [-0.15, -0.1) is 0 Å².